The SMILES string of the molecule is CC(CN1CCOCC1)Nc1nc(C(=O)O)co1. The van der Waals surface area contributed by atoms with E-state index in [1.54, 1.807) is 0 Å². The quantitative estimate of drug-likeness (QED) is 0.792. The van der Waals surface area contributed by atoms with Crippen LogP contribution in [0.2, 0.25) is 0 Å². The molecule has 2 heterocycles. The van der Waals surface area contributed by atoms with E-state index in [-0.39, 0.29) is 17.8 Å². The molecule has 0 radical (unpaired) electrons. The molecular weight excluding hydrogens is 238 g/mol. The van der Waals surface area contributed by atoms with Gasteiger partial charge in [0.25, 0.3) is 6.01 Å². The second kappa shape index (κ2) is 5.83. The Morgan fingerprint density at radius 3 is 2.94 bits per heavy atom. The molecule has 1 aromatic heterocycles. The number of aromatic nitrogens is 1. The van der Waals surface area contributed by atoms with E-state index >= 15 is 0 Å². The van der Waals surface area contributed by atoms with E-state index in [1.165, 1.54) is 0 Å². The summed E-state index contributed by atoms with van der Waals surface area (Å²) in [6.45, 7) is 6.19. The summed E-state index contributed by atoms with van der Waals surface area (Å²) in [6.07, 6.45) is 1.13. The van der Waals surface area contributed by atoms with Crippen LogP contribution in [-0.2, 0) is 4.74 Å². The summed E-state index contributed by atoms with van der Waals surface area (Å²) in [6, 6.07) is 0.372. The molecular formula is C11H17N3O4. The minimum Gasteiger partial charge on any atom is -0.476 e. The molecule has 7 nitrogen and oxygen atoms in total. The Labute approximate surface area is 105 Å². The van der Waals surface area contributed by atoms with Crippen LogP contribution in [0.25, 0.3) is 0 Å². The van der Waals surface area contributed by atoms with Gasteiger partial charge >= 0.3 is 5.97 Å². The molecule has 1 aromatic rings. The van der Waals surface area contributed by atoms with Crippen LogP contribution in [0.5, 0.6) is 0 Å². The van der Waals surface area contributed by atoms with Gasteiger partial charge in [-0.15, -0.1) is 0 Å². The van der Waals surface area contributed by atoms with Crippen molar-refractivity contribution < 1.29 is 19.1 Å². The maximum atomic E-state index is 10.6. The average molecular weight is 255 g/mol. The van der Waals surface area contributed by atoms with Crippen LogP contribution in [0.3, 0.4) is 0 Å². The third kappa shape index (κ3) is 3.44. The number of carbonyl (C=O) groups is 1. The fraction of sp³-hybridized carbons (Fsp3) is 0.636. The number of oxazole rings is 1. The van der Waals surface area contributed by atoms with Gasteiger partial charge in [-0.3, -0.25) is 4.90 Å². The Bertz CT molecular complexity index is 401. The minimum absolute atomic E-state index is 0.0870. The number of nitrogens with one attached hydrogen (secondary N) is 1. The van der Waals surface area contributed by atoms with Gasteiger partial charge in [0.05, 0.1) is 13.2 Å². The molecule has 100 valence electrons. The number of carboxylic acids is 1. The zero-order valence-corrected chi connectivity index (χ0v) is 10.3. The molecule has 1 atom stereocenters. The summed E-state index contributed by atoms with van der Waals surface area (Å²) in [5, 5.41) is 11.8. The van der Waals surface area contributed by atoms with E-state index in [0.717, 1.165) is 39.1 Å². The third-order valence-electron chi connectivity index (χ3n) is 2.73. The topological polar surface area (TPSA) is 87.8 Å². The fourth-order valence-electron chi connectivity index (χ4n) is 1.87. The Hall–Kier alpha value is -1.60. The Balaban J connectivity index is 1.82. The molecule has 1 aliphatic rings. The summed E-state index contributed by atoms with van der Waals surface area (Å²) in [5.74, 6) is -1.09. The van der Waals surface area contributed by atoms with Gasteiger partial charge in [0, 0.05) is 25.7 Å². The third-order valence-corrected chi connectivity index (χ3v) is 2.73. The summed E-state index contributed by atoms with van der Waals surface area (Å²) in [4.78, 5) is 16.7. The number of aromatic carboxylic acids is 1. The number of rotatable bonds is 5. The Morgan fingerprint density at radius 2 is 2.33 bits per heavy atom. The van der Waals surface area contributed by atoms with Gasteiger partial charge in [-0.25, -0.2) is 4.79 Å². The van der Waals surface area contributed by atoms with Crippen molar-refractivity contribution in [3.05, 3.63) is 12.0 Å². The van der Waals surface area contributed by atoms with Crippen molar-refractivity contribution >= 4 is 12.0 Å². The Kier molecular flexibility index (Phi) is 4.16. The molecule has 1 saturated heterocycles. The first kappa shape index (κ1) is 12.8. The van der Waals surface area contributed by atoms with E-state index in [1.807, 2.05) is 6.92 Å². The molecule has 0 saturated carbocycles. The molecule has 7 heteroatoms. The minimum atomic E-state index is -1.09. The van der Waals surface area contributed by atoms with Crippen LogP contribution in [0.1, 0.15) is 17.4 Å². The molecule has 2 rings (SSSR count). The molecule has 18 heavy (non-hydrogen) atoms. The zero-order chi connectivity index (χ0) is 13.0. The van der Waals surface area contributed by atoms with Gasteiger partial charge in [0.2, 0.25) is 0 Å². The molecule has 0 amide bonds. The summed E-state index contributed by atoms with van der Waals surface area (Å²) in [7, 11) is 0. The predicted octanol–water partition coefficient (Wildman–Crippen LogP) is 0.505. The number of ether oxygens (including phenoxy) is 1. The summed E-state index contributed by atoms with van der Waals surface area (Å²) >= 11 is 0. The van der Waals surface area contributed by atoms with Crippen LogP contribution >= 0.6 is 0 Å². The van der Waals surface area contributed by atoms with Crippen LogP contribution in [0.15, 0.2) is 10.7 Å². The molecule has 0 bridgehead atoms. The van der Waals surface area contributed by atoms with Gasteiger partial charge in [-0.2, -0.15) is 4.98 Å². The molecule has 0 spiro atoms. The van der Waals surface area contributed by atoms with Crippen LogP contribution in [0, 0.1) is 0 Å². The van der Waals surface area contributed by atoms with Crippen LogP contribution in [0.4, 0.5) is 6.01 Å². The number of morpholine rings is 1. The number of carboxylic acid groups (broad SMARTS) is 1. The maximum Gasteiger partial charge on any atom is 0.357 e. The standard InChI is InChI=1S/C11H17N3O4/c1-8(6-14-2-4-17-5-3-14)12-11-13-9(7-18-11)10(15)16/h7-8H,2-6H2,1H3,(H,12,13)(H,15,16). The van der Waals surface area contributed by atoms with Crippen molar-refractivity contribution in [2.45, 2.75) is 13.0 Å². The van der Waals surface area contributed by atoms with Gasteiger partial charge in [0.1, 0.15) is 6.26 Å². The predicted molar refractivity (Wildman–Crippen MR) is 63.8 cm³/mol. The van der Waals surface area contributed by atoms with Crippen molar-refractivity contribution in [1.29, 1.82) is 0 Å². The lowest BCUT2D eigenvalue weighted by Gasteiger charge is -2.29. The highest BCUT2D eigenvalue weighted by molar-refractivity contribution is 5.85. The largest absolute Gasteiger partial charge is 0.476 e. The lowest BCUT2D eigenvalue weighted by molar-refractivity contribution is 0.0367. The van der Waals surface area contributed by atoms with Crippen molar-refractivity contribution in [1.82, 2.24) is 9.88 Å². The highest BCUT2D eigenvalue weighted by Crippen LogP contribution is 2.09. The fourth-order valence-corrected chi connectivity index (χ4v) is 1.87. The first-order valence-electron chi connectivity index (χ1n) is 5.90. The number of anilines is 1. The molecule has 1 fully saturated rings. The molecule has 0 aromatic carbocycles. The monoisotopic (exact) mass is 255 g/mol. The zero-order valence-electron chi connectivity index (χ0n) is 10.3. The number of hydrogen-bond donors (Lipinski definition) is 2. The van der Waals surface area contributed by atoms with E-state index in [0.29, 0.717) is 0 Å². The van der Waals surface area contributed by atoms with Crippen molar-refractivity contribution in [3.8, 4) is 0 Å². The second-order valence-corrected chi connectivity index (χ2v) is 4.30. The molecule has 2 N–H and O–H groups in total. The van der Waals surface area contributed by atoms with E-state index < -0.39 is 5.97 Å². The van der Waals surface area contributed by atoms with Crippen molar-refractivity contribution in [2.24, 2.45) is 0 Å². The van der Waals surface area contributed by atoms with Crippen molar-refractivity contribution in [2.75, 3.05) is 38.2 Å². The number of hydrogen-bond acceptors (Lipinski definition) is 6. The highest BCUT2D eigenvalue weighted by atomic mass is 16.5. The van der Waals surface area contributed by atoms with E-state index in [2.05, 4.69) is 15.2 Å². The lowest BCUT2D eigenvalue weighted by atomic mass is 10.3. The highest BCUT2D eigenvalue weighted by Gasteiger charge is 2.16. The van der Waals surface area contributed by atoms with Gasteiger partial charge in [-0.1, -0.05) is 0 Å². The van der Waals surface area contributed by atoms with E-state index in [4.69, 9.17) is 14.3 Å². The van der Waals surface area contributed by atoms with E-state index in [9.17, 15) is 4.79 Å². The van der Waals surface area contributed by atoms with Crippen LogP contribution < -0.4 is 5.32 Å². The van der Waals surface area contributed by atoms with Crippen molar-refractivity contribution in [3.63, 3.8) is 0 Å². The van der Waals surface area contributed by atoms with Gasteiger partial charge in [-0.05, 0) is 6.92 Å². The smallest absolute Gasteiger partial charge is 0.357 e. The normalized spacial score (nSPS) is 18.5. The second-order valence-electron chi connectivity index (χ2n) is 4.30. The first-order chi connectivity index (χ1) is 8.65. The van der Waals surface area contributed by atoms with Crippen LogP contribution in [-0.4, -0.2) is 59.8 Å². The molecule has 1 aliphatic heterocycles. The maximum absolute atomic E-state index is 10.6. The summed E-state index contributed by atoms with van der Waals surface area (Å²) in [5.41, 5.74) is -0.0870. The molecule has 1 unspecified atom stereocenters. The van der Waals surface area contributed by atoms with Gasteiger partial charge < -0.3 is 19.6 Å². The summed E-state index contributed by atoms with van der Waals surface area (Å²) < 4.78 is 10.3. The number of nitrogens with zero attached hydrogens (tertiary/aromatic N) is 2. The average Bonchev–Trinajstić information content (AvgIpc) is 2.78. The Morgan fingerprint density at radius 1 is 1.61 bits per heavy atom. The first-order valence-corrected chi connectivity index (χ1v) is 5.90. The molecule has 0 aliphatic carbocycles. The van der Waals surface area contributed by atoms with Gasteiger partial charge in [0.15, 0.2) is 5.69 Å². The lowest BCUT2D eigenvalue weighted by Crippen LogP contribution is -2.42.